The molecular formula is C24H33NO4S. The predicted molar refractivity (Wildman–Crippen MR) is 119 cm³/mol. The number of carbonyl (C=O) groups is 1. The number of hydrogen-bond acceptors (Lipinski definition) is 3. The third-order valence-electron chi connectivity index (χ3n) is 6.78. The first-order valence-corrected chi connectivity index (χ1v) is 12.5. The number of rotatable bonds is 11. The van der Waals surface area contributed by atoms with Gasteiger partial charge in [0.2, 0.25) is 10.0 Å². The summed E-state index contributed by atoms with van der Waals surface area (Å²) in [5.74, 6) is 0.245. The number of carboxylic acids is 1. The number of unbranched alkanes of at least 4 members (excludes halogenated alkanes) is 1. The maximum Gasteiger partial charge on any atom is 0.303 e. The van der Waals surface area contributed by atoms with Gasteiger partial charge in [-0.1, -0.05) is 56.3 Å². The van der Waals surface area contributed by atoms with E-state index in [1.54, 1.807) is 0 Å². The molecule has 164 valence electrons. The van der Waals surface area contributed by atoms with Crippen molar-refractivity contribution in [2.24, 2.45) is 17.3 Å². The summed E-state index contributed by atoms with van der Waals surface area (Å²) in [6, 6.07) is 9.69. The summed E-state index contributed by atoms with van der Waals surface area (Å²) in [5.41, 5.74) is 3.33. The monoisotopic (exact) mass is 431 g/mol. The zero-order chi connectivity index (χ0) is 21.8. The molecule has 0 amide bonds. The number of aryl methyl sites for hydroxylation is 1. The zero-order valence-corrected chi connectivity index (χ0v) is 18.7. The Balaban J connectivity index is 1.66. The maximum atomic E-state index is 12.8. The average molecular weight is 432 g/mol. The molecule has 0 aromatic heterocycles. The quantitative estimate of drug-likeness (QED) is 0.394. The van der Waals surface area contributed by atoms with E-state index in [9.17, 15) is 13.2 Å². The molecule has 3 aliphatic rings. The smallest absolute Gasteiger partial charge is 0.303 e. The Morgan fingerprint density at radius 3 is 2.63 bits per heavy atom. The first-order valence-electron chi connectivity index (χ1n) is 10.8. The fourth-order valence-electron chi connectivity index (χ4n) is 4.75. The van der Waals surface area contributed by atoms with Crippen molar-refractivity contribution in [2.45, 2.75) is 58.8 Å². The topological polar surface area (TPSA) is 83.5 Å². The highest BCUT2D eigenvalue weighted by Gasteiger charge is 2.53. The van der Waals surface area contributed by atoms with Gasteiger partial charge in [-0.15, -0.1) is 0 Å². The van der Waals surface area contributed by atoms with E-state index in [-0.39, 0.29) is 17.6 Å². The van der Waals surface area contributed by atoms with E-state index in [4.69, 9.17) is 5.11 Å². The van der Waals surface area contributed by atoms with E-state index < -0.39 is 16.0 Å². The van der Waals surface area contributed by atoms with Gasteiger partial charge in [0.15, 0.2) is 0 Å². The Hall–Kier alpha value is -2.08. The van der Waals surface area contributed by atoms with Gasteiger partial charge >= 0.3 is 5.97 Å². The molecule has 2 N–H and O–H groups in total. The van der Waals surface area contributed by atoms with Gasteiger partial charge in [-0.2, -0.15) is 0 Å². The van der Waals surface area contributed by atoms with Crippen molar-refractivity contribution in [1.82, 2.24) is 4.72 Å². The molecule has 1 aromatic rings. The highest BCUT2D eigenvalue weighted by molar-refractivity contribution is 7.89. The fourth-order valence-corrected chi connectivity index (χ4v) is 5.95. The fraction of sp³-hybridized carbons (Fsp3) is 0.542. The van der Waals surface area contributed by atoms with Gasteiger partial charge in [-0.25, -0.2) is 8.42 Å². The van der Waals surface area contributed by atoms with Crippen LogP contribution in [-0.4, -0.2) is 25.2 Å². The highest BCUT2D eigenvalue weighted by Crippen LogP contribution is 2.61. The number of benzene rings is 1. The third kappa shape index (κ3) is 5.54. The number of aliphatic carboxylic acids is 1. The lowest BCUT2D eigenvalue weighted by molar-refractivity contribution is -0.137. The van der Waals surface area contributed by atoms with E-state index in [2.05, 4.69) is 24.6 Å². The minimum atomic E-state index is -3.40. The molecule has 0 unspecified atom stereocenters. The summed E-state index contributed by atoms with van der Waals surface area (Å²) in [6.07, 6.45) is 8.78. The van der Waals surface area contributed by atoms with Gasteiger partial charge in [0, 0.05) is 12.1 Å². The molecule has 6 heteroatoms. The van der Waals surface area contributed by atoms with Crippen LogP contribution in [0.5, 0.6) is 0 Å². The summed E-state index contributed by atoms with van der Waals surface area (Å²) in [6.45, 7) is 4.56. The van der Waals surface area contributed by atoms with Gasteiger partial charge in [0.05, 0.1) is 5.75 Å². The van der Waals surface area contributed by atoms with Crippen LogP contribution in [0.2, 0.25) is 0 Å². The molecule has 3 aliphatic carbocycles. The molecule has 0 heterocycles. The molecule has 0 saturated heterocycles. The second-order valence-corrected chi connectivity index (χ2v) is 11.0. The van der Waals surface area contributed by atoms with Crippen LogP contribution in [0.1, 0.15) is 57.9 Å². The Bertz CT molecular complexity index is 916. The van der Waals surface area contributed by atoms with Crippen LogP contribution < -0.4 is 4.72 Å². The van der Waals surface area contributed by atoms with Crippen molar-refractivity contribution >= 4 is 16.0 Å². The molecule has 0 radical (unpaired) electrons. The second kappa shape index (κ2) is 9.38. The molecule has 1 saturated carbocycles. The predicted octanol–water partition coefficient (Wildman–Crippen LogP) is 4.67. The molecule has 2 atom stereocenters. The molecule has 0 spiro atoms. The van der Waals surface area contributed by atoms with Crippen molar-refractivity contribution in [3.05, 3.63) is 59.3 Å². The van der Waals surface area contributed by atoms with Gasteiger partial charge in [0.1, 0.15) is 0 Å². The summed E-state index contributed by atoms with van der Waals surface area (Å²) in [7, 11) is -3.40. The number of sulfonamides is 1. The van der Waals surface area contributed by atoms with Crippen LogP contribution in [0.3, 0.4) is 0 Å². The lowest BCUT2D eigenvalue weighted by Gasteiger charge is -2.58. The maximum absolute atomic E-state index is 12.8. The van der Waals surface area contributed by atoms with Gasteiger partial charge in [-0.3, -0.25) is 9.52 Å². The van der Waals surface area contributed by atoms with Crippen LogP contribution in [0.25, 0.3) is 0 Å². The van der Waals surface area contributed by atoms with E-state index in [1.807, 2.05) is 36.4 Å². The SMILES string of the molecule is CC1(C)[C@H]2CC(NS(=O)(=O)CCc3ccccc3)=C(CC=CCCCC(=O)O)[C@@H]1C2. The number of hydrogen-bond donors (Lipinski definition) is 2. The average Bonchev–Trinajstić information content (AvgIpc) is 2.70. The minimum Gasteiger partial charge on any atom is -0.481 e. The van der Waals surface area contributed by atoms with Crippen molar-refractivity contribution in [1.29, 1.82) is 0 Å². The van der Waals surface area contributed by atoms with Gasteiger partial charge in [0.25, 0.3) is 0 Å². The van der Waals surface area contributed by atoms with Crippen LogP contribution in [-0.2, 0) is 21.2 Å². The van der Waals surface area contributed by atoms with Crippen molar-refractivity contribution in [3.63, 3.8) is 0 Å². The van der Waals surface area contributed by atoms with Crippen LogP contribution in [0.15, 0.2) is 53.8 Å². The summed E-state index contributed by atoms with van der Waals surface area (Å²) in [4.78, 5) is 10.6. The van der Waals surface area contributed by atoms with Crippen molar-refractivity contribution < 1.29 is 18.3 Å². The Morgan fingerprint density at radius 1 is 1.23 bits per heavy atom. The summed E-state index contributed by atoms with van der Waals surface area (Å²) >= 11 is 0. The van der Waals surface area contributed by atoms with E-state index in [0.29, 0.717) is 24.7 Å². The first-order chi connectivity index (χ1) is 14.2. The van der Waals surface area contributed by atoms with Crippen molar-refractivity contribution in [2.75, 3.05) is 5.75 Å². The zero-order valence-electron chi connectivity index (χ0n) is 17.9. The lowest BCUT2D eigenvalue weighted by Crippen LogP contribution is -2.51. The number of allylic oxidation sites excluding steroid dienone is 4. The molecular weight excluding hydrogens is 398 g/mol. The van der Waals surface area contributed by atoms with Gasteiger partial charge < -0.3 is 5.11 Å². The molecule has 5 nitrogen and oxygen atoms in total. The molecule has 2 bridgehead atoms. The minimum absolute atomic E-state index is 0.0809. The lowest BCUT2D eigenvalue weighted by atomic mass is 9.48. The van der Waals surface area contributed by atoms with E-state index in [1.165, 1.54) is 5.57 Å². The Labute approximate surface area is 180 Å². The number of carboxylic acid groups (broad SMARTS) is 1. The summed E-state index contributed by atoms with van der Waals surface area (Å²) in [5, 5.41) is 8.73. The van der Waals surface area contributed by atoms with Crippen LogP contribution >= 0.6 is 0 Å². The molecule has 1 aromatic carbocycles. The van der Waals surface area contributed by atoms with Gasteiger partial charge in [-0.05, 0) is 66.9 Å². The van der Waals surface area contributed by atoms with Crippen LogP contribution in [0, 0.1) is 17.3 Å². The van der Waals surface area contributed by atoms with E-state index in [0.717, 1.165) is 36.9 Å². The molecule has 4 rings (SSSR count). The normalized spacial score (nSPS) is 22.7. The molecule has 0 aliphatic heterocycles. The number of fused-ring (bicyclic) bond motifs is 1. The number of nitrogens with one attached hydrogen (secondary N) is 1. The molecule has 1 fully saturated rings. The van der Waals surface area contributed by atoms with E-state index >= 15 is 0 Å². The summed E-state index contributed by atoms with van der Waals surface area (Å²) < 4.78 is 28.4. The Morgan fingerprint density at radius 2 is 1.97 bits per heavy atom. The third-order valence-corrected chi connectivity index (χ3v) is 8.08. The Kier molecular flexibility index (Phi) is 7.06. The first kappa shape index (κ1) is 22.6. The van der Waals surface area contributed by atoms with Crippen molar-refractivity contribution in [3.8, 4) is 0 Å². The largest absolute Gasteiger partial charge is 0.481 e. The highest BCUT2D eigenvalue weighted by atomic mass is 32.2. The molecule has 30 heavy (non-hydrogen) atoms. The standard InChI is InChI=1S/C24H33NO4S/c1-24(2)19-16-21(24)20(12-8-3-4-9-13-23(26)27)22(17-19)25-30(28,29)15-14-18-10-6-5-7-11-18/h3,5-8,10-11,19,21,25H,4,9,12-17H2,1-2H3,(H,26,27)/t19-,21+/m1/s1. The second-order valence-electron chi connectivity index (χ2n) is 9.13. The van der Waals surface area contributed by atoms with Crippen LogP contribution in [0.4, 0.5) is 0 Å².